The van der Waals surface area contributed by atoms with Crippen molar-refractivity contribution < 1.29 is 29.0 Å². The first-order valence-electron chi connectivity index (χ1n) is 10.4. The van der Waals surface area contributed by atoms with E-state index >= 15 is 0 Å². The van der Waals surface area contributed by atoms with E-state index in [0.29, 0.717) is 0 Å². The van der Waals surface area contributed by atoms with Gasteiger partial charge < -0.3 is 19.5 Å². The van der Waals surface area contributed by atoms with E-state index < -0.39 is 24.2 Å². The van der Waals surface area contributed by atoms with Gasteiger partial charge >= 0.3 is 18.2 Å². The highest BCUT2D eigenvalue weighted by molar-refractivity contribution is 5.82. The summed E-state index contributed by atoms with van der Waals surface area (Å²) in [6.45, 7) is 3.63. The van der Waals surface area contributed by atoms with Gasteiger partial charge in [0.25, 0.3) is 0 Å². The van der Waals surface area contributed by atoms with Crippen LogP contribution in [0.15, 0.2) is 61.2 Å². The number of carbonyl (C=O) groups excluding carboxylic acids is 2. The highest BCUT2D eigenvalue weighted by Crippen LogP contribution is 2.44. The number of carboxylic acid groups (broad SMARTS) is 1. The fraction of sp³-hybridized carbons (Fsp3) is 0.292. The molecule has 0 bridgehead atoms. The molecule has 4 rings (SSSR count). The molecule has 1 aliphatic heterocycles. The van der Waals surface area contributed by atoms with Crippen molar-refractivity contribution >= 4 is 18.2 Å². The molecule has 1 N–H and O–H groups in total. The fourth-order valence-electron chi connectivity index (χ4n) is 4.28. The SMILES string of the molecule is C=CCOC(=O)N1CCN(C(=O)OCC2c3ccccc3-c3ccccc32)[C@H](C(=O)O)C1. The molecular weight excluding hydrogens is 412 g/mol. The van der Waals surface area contributed by atoms with Crippen LogP contribution in [0.2, 0.25) is 0 Å². The molecule has 2 aromatic rings. The number of rotatable bonds is 5. The lowest BCUT2D eigenvalue weighted by molar-refractivity contribution is -0.144. The minimum absolute atomic E-state index is 0.0309. The number of carbonyl (C=O) groups is 3. The molecule has 32 heavy (non-hydrogen) atoms. The van der Waals surface area contributed by atoms with Crippen LogP contribution in [0.3, 0.4) is 0 Å². The van der Waals surface area contributed by atoms with Crippen LogP contribution in [0.5, 0.6) is 0 Å². The Kier molecular flexibility index (Phi) is 6.11. The number of nitrogens with zero attached hydrogens (tertiary/aromatic N) is 2. The first-order valence-corrected chi connectivity index (χ1v) is 10.4. The van der Waals surface area contributed by atoms with Gasteiger partial charge in [0.15, 0.2) is 6.04 Å². The van der Waals surface area contributed by atoms with E-state index in [9.17, 15) is 19.5 Å². The molecule has 166 valence electrons. The Hall–Kier alpha value is -3.81. The molecule has 0 aromatic heterocycles. The summed E-state index contributed by atoms with van der Waals surface area (Å²) in [5, 5.41) is 9.63. The zero-order valence-corrected chi connectivity index (χ0v) is 17.5. The Morgan fingerprint density at radius 2 is 1.59 bits per heavy atom. The van der Waals surface area contributed by atoms with E-state index in [4.69, 9.17) is 9.47 Å². The van der Waals surface area contributed by atoms with Crippen LogP contribution in [0.1, 0.15) is 17.0 Å². The van der Waals surface area contributed by atoms with Crippen molar-refractivity contribution in [2.75, 3.05) is 32.8 Å². The largest absolute Gasteiger partial charge is 0.480 e. The van der Waals surface area contributed by atoms with Crippen LogP contribution in [0.25, 0.3) is 11.1 Å². The summed E-state index contributed by atoms with van der Waals surface area (Å²) in [6, 6.07) is 14.7. The van der Waals surface area contributed by atoms with E-state index in [0.717, 1.165) is 27.2 Å². The van der Waals surface area contributed by atoms with Gasteiger partial charge in [-0.15, -0.1) is 0 Å². The molecule has 2 amide bonds. The van der Waals surface area contributed by atoms with Gasteiger partial charge in [-0.25, -0.2) is 14.4 Å². The molecule has 0 saturated carbocycles. The average Bonchev–Trinajstić information content (AvgIpc) is 3.14. The monoisotopic (exact) mass is 436 g/mol. The third-order valence-corrected chi connectivity index (χ3v) is 5.82. The number of benzene rings is 2. The molecular formula is C24H24N2O6. The van der Waals surface area contributed by atoms with Gasteiger partial charge in [-0.1, -0.05) is 61.2 Å². The summed E-state index contributed by atoms with van der Waals surface area (Å²) in [5.41, 5.74) is 4.37. The maximum Gasteiger partial charge on any atom is 0.410 e. The number of aliphatic carboxylic acids is 1. The Labute approximate surface area is 185 Å². The number of hydrogen-bond acceptors (Lipinski definition) is 5. The van der Waals surface area contributed by atoms with Crippen LogP contribution in [-0.2, 0) is 14.3 Å². The molecule has 1 fully saturated rings. The van der Waals surface area contributed by atoms with Gasteiger partial charge in [-0.3, -0.25) is 4.90 Å². The molecule has 1 aliphatic carbocycles. The molecule has 1 atom stereocenters. The molecule has 2 aromatic carbocycles. The van der Waals surface area contributed by atoms with Crippen molar-refractivity contribution in [1.29, 1.82) is 0 Å². The fourth-order valence-corrected chi connectivity index (χ4v) is 4.28. The van der Waals surface area contributed by atoms with Gasteiger partial charge in [-0.05, 0) is 22.3 Å². The molecule has 8 heteroatoms. The Morgan fingerprint density at radius 1 is 0.969 bits per heavy atom. The summed E-state index contributed by atoms with van der Waals surface area (Å²) >= 11 is 0. The van der Waals surface area contributed by atoms with Crippen molar-refractivity contribution in [3.05, 3.63) is 72.3 Å². The highest BCUT2D eigenvalue weighted by atomic mass is 16.6. The first kappa shape index (κ1) is 21.4. The van der Waals surface area contributed by atoms with E-state index in [1.165, 1.54) is 11.0 Å². The third-order valence-electron chi connectivity index (χ3n) is 5.82. The summed E-state index contributed by atoms with van der Waals surface area (Å²) in [6.07, 6.45) is 0.0844. The van der Waals surface area contributed by atoms with Crippen molar-refractivity contribution in [3.8, 4) is 11.1 Å². The molecule has 0 unspecified atom stereocenters. The van der Waals surface area contributed by atoms with Crippen molar-refractivity contribution in [3.63, 3.8) is 0 Å². The van der Waals surface area contributed by atoms with Crippen molar-refractivity contribution in [2.45, 2.75) is 12.0 Å². The van der Waals surface area contributed by atoms with Crippen molar-refractivity contribution in [1.82, 2.24) is 9.80 Å². The van der Waals surface area contributed by atoms with Crippen LogP contribution in [0.4, 0.5) is 9.59 Å². The maximum absolute atomic E-state index is 12.8. The van der Waals surface area contributed by atoms with E-state index in [1.54, 1.807) is 0 Å². The smallest absolute Gasteiger partial charge is 0.410 e. The standard InChI is InChI=1S/C24H24N2O6/c1-2-13-31-23(29)25-11-12-26(21(14-25)22(27)28)24(30)32-15-20-18-9-5-3-7-16(18)17-8-4-6-10-19(17)20/h2-10,20-21H,1,11-15H2,(H,27,28)/t21-/m0/s1. The van der Waals surface area contributed by atoms with Crippen LogP contribution in [0, 0.1) is 0 Å². The van der Waals surface area contributed by atoms with Crippen LogP contribution < -0.4 is 0 Å². The molecule has 8 nitrogen and oxygen atoms in total. The van der Waals surface area contributed by atoms with Gasteiger partial charge in [0.05, 0.1) is 6.54 Å². The van der Waals surface area contributed by atoms with Gasteiger partial charge in [0, 0.05) is 19.0 Å². The Balaban J connectivity index is 1.44. The van der Waals surface area contributed by atoms with Gasteiger partial charge in [-0.2, -0.15) is 0 Å². The third kappa shape index (κ3) is 4.03. The van der Waals surface area contributed by atoms with E-state index in [-0.39, 0.29) is 38.8 Å². The summed E-state index contributed by atoms with van der Waals surface area (Å²) in [7, 11) is 0. The predicted octanol–water partition coefficient (Wildman–Crippen LogP) is 3.33. The number of carboxylic acids is 1. The zero-order chi connectivity index (χ0) is 22.7. The second-order valence-electron chi connectivity index (χ2n) is 7.66. The zero-order valence-electron chi connectivity index (χ0n) is 17.5. The van der Waals surface area contributed by atoms with Gasteiger partial charge in [0.1, 0.15) is 13.2 Å². The molecule has 0 spiro atoms. The summed E-state index contributed by atoms with van der Waals surface area (Å²) in [4.78, 5) is 39.1. The van der Waals surface area contributed by atoms with E-state index in [2.05, 4.69) is 6.58 Å². The normalized spacial score (nSPS) is 17.3. The van der Waals surface area contributed by atoms with Crippen LogP contribution >= 0.6 is 0 Å². The number of hydrogen-bond donors (Lipinski definition) is 1. The molecule has 1 saturated heterocycles. The minimum Gasteiger partial charge on any atom is -0.480 e. The Morgan fingerprint density at radius 3 is 2.19 bits per heavy atom. The second-order valence-corrected chi connectivity index (χ2v) is 7.66. The lowest BCUT2D eigenvalue weighted by Gasteiger charge is -2.38. The maximum atomic E-state index is 12.8. The van der Waals surface area contributed by atoms with E-state index in [1.807, 2.05) is 48.5 Å². The molecule has 2 aliphatic rings. The number of fused-ring (bicyclic) bond motifs is 3. The van der Waals surface area contributed by atoms with Gasteiger partial charge in [0.2, 0.25) is 0 Å². The number of piperazine rings is 1. The lowest BCUT2D eigenvalue weighted by atomic mass is 9.98. The average molecular weight is 436 g/mol. The lowest BCUT2D eigenvalue weighted by Crippen LogP contribution is -2.59. The van der Waals surface area contributed by atoms with Crippen LogP contribution in [-0.4, -0.2) is 72.0 Å². The van der Waals surface area contributed by atoms with Crippen molar-refractivity contribution in [2.24, 2.45) is 0 Å². The minimum atomic E-state index is -1.21. The highest BCUT2D eigenvalue weighted by Gasteiger charge is 2.39. The summed E-state index contributed by atoms with van der Waals surface area (Å²) < 4.78 is 10.6. The topological polar surface area (TPSA) is 96.4 Å². The quantitative estimate of drug-likeness (QED) is 0.723. The molecule has 0 radical (unpaired) electrons. The second kappa shape index (κ2) is 9.13. The number of amides is 2. The molecule has 1 heterocycles. The summed E-state index contributed by atoms with van der Waals surface area (Å²) in [5.74, 6) is -1.33. The Bertz CT molecular complexity index is 1010. The predicted molar refractivity (Wildman–Crippen MR) is 116 cm³/mol. The first-order chi connectivity index (χ1) is 15.5. The number of ether oxygens (including phenoxy) is 2.